The summed E-state index contributed by atoms with van der Waals surface area (Å²) in [6, 6.07) is 3.71. The van der Waals surface area contributed by atoms with Gasteiger partial charge < -0.3 is 4.90 Å². The molecule has 2 aromatic rings. The van der Waals surface area contributed by atoms with Crippen LogP contribution in [0.2, 0.25) is 0 Å². The lowest BCUT2D eigenvalue weighted by Gasteiger charge is -2.18. The number of carbonyl (C=O) groups is 1. The van der Waals surface area contributed by atoms with Gasteiger partial charge in [-0.05, 0) is 36.3 Å². The quantitative estimate of drug-likeness (QED) is 0.820. The number of carbonyl (C=O) groups excluding carboxylic acids is 1. The summed E-state index contributed by atoms with van der Waals surface area (Å²) in [5.74, 6) is -0.179. The van der Waals surface area contributed by atoms with Crippen molar-refractivity contribution in [1.29, 1.82) is 0 Å². The van der Waals surface area contributed by atoms with Crippen molar-refractivity contribution in [1.82, 2.24) is 14.5 Å². The Kier molecular flexibility index (Phi) is 4.28. The molecule has 0 spiro atoms. The number of nitrogens with zero attached hydrogens (tertiary/aromatic N) is 3. The molecule has 9 heteroatoms. The highest BCUT2D eigenvalue weighted by Crippen LogP contribution is 2.32. The van der Waals surface area contributed by atoms with Crippen LogP contribution in [0.5, 0.6) is 0 Å². The molecule has 2 aromatic heterocycles. The number of aromatic nitrogens is 2. The summed E-state index contributed by atoms with van der Waals surface area (Å²) in [5.41, 5.74) is 0.594. The van der Waals surface area contributed by atoms with Crippen LogP contribution >= 0.6 is 22.9 Å². The summed E-state index contributed by atoms with van der Waals surface area (Å²) in [6.07, 6.45) is 0.430. The van der Waals surface area contributed by atoms with Gasteiger partial charge in [-0.1, -0.05) is 10.6 Å². The average Bonchev–Trinajstić information content (AvgIpc) is 3.10. The molecule has 118 valence electrons. The second kappa shape index (κ2) is 6.05. The van der Waals surface area contributed by atoms with Crippen molar-refractivity contribution in [2.24, 2.45) is 0 Å². The second-order valence-corrected chi connectivity index (χ2v) is 9.18. The number of amides is 1. The van der Waals surface area contributed by atoms with E-state index in [1.807, 2.05) is 17.5 Å². The molecule has 1 aliphatic rings. The molecular formula is C13H15N3O3S3. The van der Waals surface area contributed by atoms with E-state index in [1.165, 1.54) is 11.3 Å². The Labute approximate surface area is 136 Å². The molecule has 0 bridgehead atoms. The number of hydrogen-bond donors (Lipinski definition) is 0. The summed E-state index contributed by atoms with van der Waals surface area (Å²) in [7, 11) is -3.24. The highest BCUT2D eigenvalue weighted by atomic mass is 32.2. The van der Waals surface area contributed by atoms with Gasteiger partial charge in [-0.15, -0.1) is 16.4 Å². The molecule has 6 nitrogen and oxygen atoms in total. The maximum absolute atomic E-state index is 12.5. The molecule has 3 rings (SSSR count). The Morgan fingerprint density at radius 3 is 2.86 bits per heavy atom. The van der Waals surface area contributed by atoms with Crippen LogP contribution in [-0.2, 0) is 9.84 Å². The summed E-state index contributed by atoms with van der Waals surface area (Å²) >= 11 is 2.51. The predicted molar refractivity (Wildman–Crippen MR) is 86.0 cm³/mol. The number of hydrogen-bond acceptors (Lipinski definition) is 7. The first-order valence-corrected chi connectivity index (χ1v) is 10.2. The van der Waals surface area contributed by atoms with Gasteiger partial charge in [0.2, 0.25) is 0 Å². The van der Waals surface area contributed by atoms with Gasteiger partial charge in [0.1, 0.15) is 4.88 Å². The van der Waals surface area contributed by atoms with E-state index in [4.69, 9.17) is 0 Å². The van der Waals surface area contributed by atoms with Crippen molar-refractivity contribution in [2.45, 2.75) is 18.6 Å². The third kappa shape index (κ3) is 2.92. The Bertz CT molecular complexity index is 768. The van der Waals surface area contributed by atoms with E-state index in [0.29, 0.717) is 23.5 Å². The zero-order valence-corrected chi connectivity index (χ0v) is 14.4. The molecule has 1 fully saturated rings. The molecule has 0 aliphatic carbocycles. The van der Waals surface area contributed by atoms with E-state index in [2.05, 4.69) is 9.59 Å². The van der Waals surface area contributed by atoms with Gasteiger partial charge in [0.05, 0.1) is 16.7 Å². The molecular weight excluding hydrogens is 342 g/mol. The van der Waals surface area contributed by atoms with Crippen LogP contribution in [0.4, 0.5) is 0 Å². The molecule has 1 saturated heterocycles. The van der Waals surface area contributed by atoms with Crippen LogP contribution in [-0.4, -0.2) is 47.7 Å². The summed E-state index contributed by atoms with van der Waals surface area (Å²) in [5, 5.41) is 5.22. The fourth-order valence-electron chi connectivity index (χ4n) is 2.51. The van der Waals surface area contributed by atoms with Gasteiger partial charge >= 0.3 is 0 Å². The minimum absolute atomic E-state index is 0.00735. The summed E-state index contributed by atoms with van der Waals surface area (Å²) in [4.78, 5) is 15.5. The van der Waals surface area contributed by atoms with Crippen LogP contribution in [0.3, 0.4) is 0 Å². The SMILES string of the molecule is Cc1nnsc1C(=O)N1CCC(c2cccs2)S(=O)(=O)CC1. The number of aryl methyl sites for hydroxylation is 1. The minimum atomic E-state index is -3.24. The van der Waals surface area contributed by atoms with Crippen molar-refractivity contribution in [2.75, 3.05) is 18.8 Å². The van der Waals surface area contributed by atoms with Gasteiger partial charge in [0.15, 0.2) is 9.84 Å². The molecule has 1 amide bonds. The van der Waals surface area contributed by atoms with Gasteiger partial charge in [-0.2, -0.15) is 0 Å². The van der Waals surface area contributed by atoms with Gasteiger partial charge in [-0.25, -0.2) is 8.42 Å². The molecule has 1 unspecified atom stereocenters. The molecule has 0 saturated carbocycles. The lowest BCUT2D eigenvalue weighted by atomic mass is 10.2. The average molecular weight is 357 g/mol. The van der Waals surface area contributed by atoms with Crippen LogP contribution in [0.1, 0.15) is 31.9 Å². The smallest absolute Gasteiger partial charge is 0.267 e. The van der Waals surface area contributed by atoms with E-state index in [-0.39, 0.29) is 18.2 Å². The lowest BCUT2D eigenvalue weighted by Crippen LogP contribution is -2.33. The predicted octanol–water partition coefficient (Wildman–Crippen LogP) is 1.91. The van der Waals surface area contributed by atoms with Crippen LogP contribution in [0.25, 0.3) is 0 Å². The molecule has 0 N–H and O–H groups in total. The highest BCUT2D eigenvalue weighted by molar-refractivity contribution is 7.91. The topological polar surface area (TPSA) is 80.2 Å². The molecule has 0 radical (unpaired) electrons. The standard InChI is InChI=1S/C13H15N3O3S3/c1-9-12(21-15-14-9)13(17)16-5-4-11(10-3-2-7-20-10)22(18,19)8-6-16/h2-3,7,11H,4-6,8H2,1H3. The molecule has 3 heterocycles. The number of thiophene rings is 1. The Morgan fingerprint density at radius 1 is 1.41 bits per heavy atom. The summed E-state index contributed by atoms with van der Waals surface area (Å²) < 4.78 is 28.7. The minimum Gasteiger partial charge on any atom is -0.337 e. The van der Waals surface area contributed by atoms with Crippen LogP contribution < -0.4 is 0 Å². The van der Waals surface area contributed by atoms with Gasteiger partial charge in [0, 0.05) is 18.0 Å². The fourth-order valence-corrected chi connectivity index (χ4v) is 6.14. The third-order valence-corrected chi connectivity index (χ3v) is 7.79. The van der Waals surface area contributed by atoms with Crippen LogP contribution in [0, 0.1) is 6.92 Å². The van der Waals surface area contributed by atoms with Crippen molar-refractivity contribution < 1.29 is 13.2 Å². The van der Waals surface area contributed by atoms with Crippen molar-refractivity contribution in [3.63, 3.8) is 0 Å². The fraction of sp³-hybridized carbons (Fsp3) is 0.462. The first-order chi connectivity index (χ1) is 10.5. The van der Waals surface area contributed by atoms with Gasteiger partial charge in [-0.3, -0.25) is 4.79 Å². The number of rotatable bonds is 2. The molecule has 1 atom stereocenters. The lowest BCUT2D eigenvalue weighted by molar-refractivity contribution is 0.0770. The van der Waals surface area contributed by atoms with Crippen molar-refractivity contribution in [3.05, 3.63) is 33.0 Å². The van der Waals surface area contributed by atoms with E-state index < -0.39 is 15.1 Å². The molecule has 1 aliphatic heterocycles. The zero-order valence-electron chi connectivity index (χ0n) is 11.9. The zero-order chi connectivity index (χ0) is 15.7. The van der Waals surface area contributed by atoms with E-state index >= 15 is 0 Å². The Balaban J connectivity index is 1.82. The highest BCUT2D eigenvalue weighted by Gasteiger charge is 2.34. The maximum atomic E-state index is 12.5. The second-order valence-electron chi connectivity index (χ2n) is 5.14. The van der Waals surface area contributed by atoms with E-state index in [9.17, 15) is 13.2 Å². The van der Waals surface area contributed by atoms with E-state index in [0.717, 1.165) is 16.4 Å². The van der Waals surface area contributed by atoms with Crippen LogP contribution in [0.15, 0.2) is 17.5 Å². The normalized spacial score (nSPS) is 21.5. The monoisotopic (exact) mass is 357 g/mol. The number of sulfone groups is 1. The largest absolute Gasteiger partial charge is 0.337 e. The van der Waals surface area contributed by atoms with Gasteiger partial charge in [0.25, 0.3) is 5.91 Å². The van der Waals surface area contributed by atoms with Crippen molar-refractivity contribution >= 4 is 38.6 Å². The Morgan fingerprint density at radius 2 is 2.23 bits per heavy atom. The third-order valence-electron chi connectivity index (χ3n) is 3.73. The molecule has 0 aromatic carbocycles. The first kappa shape index (κ1) is 15.6. The Hall–Kier alpha value is -1.32. The first-order valence-electron chi connectivity index (χ1n) is 6.82. The van der Waals surface area contributed by atoms with E-state index in [1.54, 1.807) is 11.8 Å². The van der Waals surface area contributed by atoms with Crippen molar-refractivity contribution in [3.8, 4) is 0 Å². The molecule has 22 heavy (non-hydrogen) atoms. The summed E-state index contributed by atoms with van der Waals surface area (Å²) in [6.45, 7) is 2.39. The maximum Gasteiger partial charge on any atom is 0.267 e.